The molecule has 0 atom stereocenters. The zero-order valence-corrected chi connectivity index (χ0v) is 22.0. The molecule has 0 aliphatic rings. The van der Waals surface area contributed by atoms with E-state index >= 15 is 0 Å². The van der Waals surface area contributed by atoms with E-state index in [-0.39, 0.29) is 0 Å². The molecule has 3 heteroatoms. The molecule has 7 aromatic rings. The van der Waals surface area contributed by atoms with E-state index in [0.29, 0.717) is 5.56 Å². The molecule has 0 bridgehead atoms. The van der Waals surface area contributed by atoms with E-state index in [1.54, 1.807) is 12.4 Å². The molecule has 0 fully saturated rings. The van der Waals surface area contributed by atoms with Crippen LogP contribution in [-0.2, 0) is 0 Å². The number of fused-ring (bicyclic) bond motifs is 3. The molecule has 5 aromatic carbocycles. The van der Waals surface area contributed by atoms with Gasteiger partial charge in [0.2, 0.25) is 0 Å². The van der Waals surface area contributed by atoms with Gasteiger partial charge in [-0.3, -0.25) is 4.98 Å². The molecule has 2 heterocycles. The number of rotatable bonds is 4. The zero-order valence-electron chi connectivity index (χ0n) is 22.0. The fourth-order valence-corrected chi connectivity index (χ4v) is 5.72. The van der Waals surface area contributed by atoms with Crippen LogP contribution in [0.15, 0.2) is 134 Å². The molecule has 0 amide bonds. The minimum absolute atomic E-state index is 0.627. The summed E-state index contributed by atoms with van der Waals surface area (Å²) in [6.45, 7) is 2.12. The average molecular weight is 512 g/mol. The number of para-hydroxylation sites is 1. The summed E-state index contributed by atoms with van der Waals surface area (Å²) in [6.07, 6.45) is 3.54. The van der Waals surface area contributed by atoms with Crippen LogP contribution in [0, 0.1) is 18.3 Å². The van der Waals surface area contributed by atoms with Crippen molar-refractivity contribution in [2.24, 2.45) is 0 Å². The fourth-order valence-electron chi connectivity index (χ4n) is 5.72. The summed E-state index contributed by atoms with van der Waals surface area (Å²) < 4.78 is 2.32. The molecular weight excluding hydrogens is 486 g/mol. The van der Waals surface area contributed by atoms with Gasteiger partial charge >= 0.3 is 0 Å². The largest absolute Gasteiger partial charge is 0.309 e. The SMILES string of the molecule is Cc1cccc(-c2ccc3c4ccccc4n(-c4cc(C#N)c(-c5ccncc5)cc4-c4ccccc4)c3c2)c1. The summed E-state index contributed by atoms with van der Waals surface area (Å²) in [5.74, 6) is 0. The Kier molecular flexibility index (Phi) is 5.73. The Morgan fingerprint density at radius 2 is 1.27 bits per heavy atom. The van der Waals surface area contributed by atoms with Crippen LogP contribution >= 0.6 is 0 Å². The second-order valence-corrected chi connectivity index (χ2v) is 10.1. The van der Waals surface area contributed by atoms with E-state index in [9.17, 15) is 5.26 Å². The lowest BCUT2D eigenvalue weighted by Crippen LogP contribution is -2.00. The van der Waals surface area contributed by atoms with Gasteiger partial charge in [-0.1, -0.05) is 90.5 Å². The predicted octanol–water partition coefficient (Wildman–Crippen LogP) is 9.36. The normalized spacial score (nSPS) is 11.1. The first-order valence-corrected chi connectivity index (χ1v) is 13.4. The molecule has 3 nitrogen and oxygen atoms in total. The van der Waals surface area contributed by atoms with Crippen molar-refractivity contribution in [2.45, 2.75) is 6.92 Å². The number of aromatic nitrogens is 2. The Balaban J connectivity index is 1.59. The fraction of sp³-hybridized carbons (Fsp3) is 0.0270. The molecule has 188 valence electrons. The number of hydrogen-bond donors (Lipinski definition) is 0. The van der Waals surface area contributed by atoms with Crippen molar-refractivity contribution in [1.29, 1.82) is 5.26 Å². The Morgan fingerprint density at radius 3 is 2.08 bits per heavy atom. The van der Waals surface area contributed by atoms with Crippen LogP contribution in [-0.4, -0.2) is 9.55 Å². The lowest BCUT2D eigenvalue weighted by Gasteiger charge is -2.17. The summed E-state index contributed by atoms with van der Waals surface area (Å²) in [6, 6.07) is 44.9. The molecule has 0 N–H and O–H groups in total. The number of aryl methyl sites for hydroxylation is 1. The van der Waals surface area contributed by atoms with Crippen molar-refractivity contribution < 1.29 is 0 Å². The Hall–Kier alpha value is -5.46. The summed E-state index contributed by atoms with van der Waals surface area (Å²) in [5.41, 5.74) is 11.4. The molecule has 2 aromatic heterocycles. The maximum atomic E-state index is 10.3. The maximum absolute atomic E-state index is 10.3. The van der Waals surface area contributed by atoms with Gasteiger partial charge < -0.3 is 4.57 Å². The third kappa shape index (κ3) is 3.95. The van der Waals surface area contributed by atoms with E-state index in [1.165, 1.54) is 21.9 Å². The molecule has 0 aliphatic carbocycles. The molecule has 7 rings (SSSR count). The van der Waals surface area contributed by atoms with Crippen molar-refractivity contribution in [3.05, 3.63) is 145 Å². The molecular formula is C37H25N3. The van der Waals surface area contributed by atoms with Crippen molar-refractivity contribution in [1.82, 2.24) is 9.55 Å². The standard InChI is InChI=1S/C37H25N3/c1-25-8-7-11-28(20-25)29-14-15-32-31-12-5-6-13-35(31)40(36(32)21-29)37-22-30(24-38)33(27-16-18-39-19-17-27)23-34(37)26-9-3-2-4-10-26/h2-23H,1H3. The topological polar surface area (TPSA) is 41.6 Å². The van der Waals surface area contributed by atoms with Gasteiger partial charge in [-0.15, -0.1) is 0 Å². The highest BCUT2D eigenvalue weighted by Gasteiger charge is 2.19. The Labute approximate surface area is 233 Å². The molecule has 0 spiro atoms. The highest BCUT2D eigenvalue weighted by atomic mass is 15.0. The molecule has 0 radical (unpaired) electrons. The van der Waals surface area contributed by atoms with Crippen LogP contribution in [0.2, 0.25) is 0 Å². The van der Waals surface area contributed by atoms with Crippen molar-refractivity contribution in [3.63, 3.8) is 0 Å². The number of nitrogens with zero attached hydrogens (tertiary/aromatic N) is 3. The van der Waals surface area contributed by atoms with Gasteiger partial charge in [0.25, 0.3) is 0 Å². The van der Waals surface area contributed by atoms with Gasteiger partial charge in [0, 0.05) is 34.3 Å². The van der Waals surface area contributed by atoms with Crippen LogP contribution in [0.3, 0.4) is 0 Å². The van der Waals surface area contributed by atoms with Crippen molar-refractivity contribution in [3.8, 4) is 45.1 Å². The molecule has 0 saturated carbocycles. The highest BCUT2D eigenvalue weighted by molar-refractivity contribution is 6.11. The summed E-state index contributed by atoms with van der Waals surface area (Å²) >= 11 is 0. The minimum atomic E-state index is 0.627. The minimum Gasteiger partial charge on any atom is -0.309 e. The quantitative estimate of drug-likeness (QED) is 0.236. The monoisotopic (exact) mass is 511 g/mol. The second-order valence-electron chi connectivity index (χ2n) is 10.1. The number of nitriles is 1. The van der Waals surface area contributed by atoms with Gasteiger partial charge in [0.05, 0.1) is 28.4 Å². The lowest BCUT2D eigenvalue weighted by molar-refractivity contribution is 1.18. The third-order valence-corrected chi connectivity index (χ3v) is 7.60. The van der Waals surface area contributed by atoms with Gasteiger partial charge in [0.15, 0.2) is 0 Å². The van der Waals surface area contributed by atoms with E-state index in [0.717, 1.165) is 44.5 Å². The molecule has 0 aliphatic heterocycles. The second kappa shape index (κ2) is 9.69. The number of pyridine rings is 1. The van der Waals surface area contributed by atoms with Gasteiger partial charge in [-0.25, -0.2) is 0 Å². The first-order chi connectivity index (χ1) is 19.7. The molecule has 40 heavy (non-hydrogen) atoms. The first kappa shape index (κ1) is 23.6. The molecule has 0 unspecified atom stereocenters. The smallest absolute Gasteiger partial charge is 0.0998 e. The van der Waals surface area contributed by atoms with Crippen molar-refractivity contribution in [2.75, 3.05) is 0 Å². The van der Waals surface area contributed by atoms with Gasteiger partial charge in [-0.05, 0) is 65.6 Å². The first-order valence-electron chi connectivity index (χ1n) is 13.4. The van der Waals surface area contributed by atoms with Crippen LogP contribution in [0.4, 0.5) is 0 Å². The van der Waals surface area contributed by atoms with E-state index in [1.807, 2.05) is 24.3 Å². The van der Waals surface area contributed by atoms with Gasteiger partial charge in [0.1, 0.15) is 0 Å². The third-order valence-electron chi connectivity index (χ3n) is 7.60. The van der Waals surface area contributed by atoms with Crippen LogP contribution < -0.4 is 0 Å². The summed E-state index contributed by atoms with van der Waals surface area (Å²) in [5, 5.41) is 12.7. The van der Waals surface area contributed by atoms with Crippen molar-refractivity contribution >= 4 is 21.8 Å². The van der Waals surface area contributed by atoms with Crippen LogP contribution in [0.1, 0.15) is 11.1 Å². The number of hydrogen-bond acceptors (Lipinski definition) is 2. The Bertz CT molecular complexity index is 2060. The highest BCUT2D eigenvalue weighted by Crippen LogP contribution is 2.40. The van der Waals surface area contributed by atoms with Crippen LogP contribution in [0.5, 0.6) is 0 Å². The summed E-state index contributed by atoms with van der Waals surface area (Å²) in [4.78, 5) is 4.19. The predicted molar refractivity (Wildman–Crippen MR) is 164 cm³/mol. The van der Waals surface area contributed by atoms with E-state index in [2.05, 4.69) is 120 Å². The van der Waals surface area contributed by atoms with Crippen LogP contribution in [0.25, 0.3) is 60.9 Å². The lowest BCUT2D eigenvalue weighted by atomic mass is 9.93. The molecule has 0 saturated heterocycles. The number of benzene rings is 5. The maximum Gasteiger partial charge on any atom is 0.0998 e. The van der Waals surface area contributed by atoms with Gasteiger partial charge in [-0.2, -0.15) is 5.26 Å². The zero-order chi connectivity index (χ0) is 27.1. The van der Waals surface area contributed by atoms with E-state index < -0.39 is 0 Å². The Morgan fingerprint density at radius 1 is 0.575 bits per heavy atom. The average Bonchev–Trinajstić information content (AvgIpc) is 3.35. The van der Waals surface area contributed by atoms with E-state index in [4.69, 9.17) is 0 Å². The summed E-state index contributed by atoms with van der Waals surface area (Å²) in [7, 11) is 0.